The van der Waals surface area contributed by atoms with Gasteiger partial charge in [-0.15, -0.1) is 0 Å². The summed E-state index contributed by atoms with van der Waals surface area (Å²) in [6, 6.07) is 14.0. The van der Waals surface area contributed by atoms with E-state index in [4.69, 9.17) is 14.2 Å². The van der Waals surface area contributed by atoms with Crippen LogP contribution in [-0.4, -0.2) is 74.6 Å². The van der Waals surface area contributed by atoms with Crippen LogP contribution in [0.5, 0.6) is 17.2 Å². The summed E-state index contributed by atoms with van der Waals surface area (Å²) in [5, 5.41) is 10.4. The van der Waals surface area contributed by atoms with Gasteiger partial charge in [-0.25, -0.2) is 0 Å². The molecule has 2 aromatic rings. The zero-order chi connectivity index (χ0) is 22.1. The molecule has 1 aliphatic rings. The summed E-state index contributed by atoms with van der Waals surface area (Å²) >= 11 is 0. The standard InChI is InChI=1S/C25H36N2O4/c1-20-6-9-23(10-7-20)30-15-14-26(2)17-21-8-11-24(29-3)16-25(21)31-19-22(28)18-27-12-4-5-13-27/h6-11,16,22,28H,4-5,12-15,17-19H2,1-3H3/t22-/m0/s1. The van der Waals surface area contributed by atoms with Gasteiger partial charge in [-0.2, -0.15) is 0 Å². The van der Waals surface area contributed by atoms with Crippen molar-refractivity contribution >= 4 is 0 Å². The summed E-state index contributed by atoms with van der Waals surface area (Å²) in [7, 11) is 3.71. The molecule has 0 unspecified atom stereocenters. The molecule has 31 heavy (non-hydrogen) atoms. The monoisotopic (exact) mass is 428 g/mol. The second-order valence-electron chi connectivity index (χ2n) is 8.35. The zero-order valence-corrected chi connectivity index (χ0v) is 19.0. The lowest BCUT2D eigenvalue weighted by Crippen LogP contribution is -2.33. The molecule has 6 nitrogen and oxygen atoms in total. The minimum Gasteiger partial charge on any atom is -0.497 e. The fraction of sp³-hybridized carbons (Fsp3) is 0.520. The fourth-order valence-electron chi connectivity index (χ4n) is 3.75. The van der Waals surface area contributed by atoms with Gasteiger partial charge in [0.15, 0.2) is 0 Å². The first-order chi connectivity index (χ1) is 15.0. The third kappa shape index (κ3) is 7.73. The maximum Gasteiger partial charge on any atom is 0.127 e. The highest BCUT2D eigenvalue weighted by Crippen LogP contribution is 2.26. The van der Waals surface area contributed by atoms with E-state index in [0.717, 1.165) is 49.0 Å². The highest BCUT2D eigenvalue weighted by Gasteiger charge is 2.17. The van der Waals surface area contributed by atoms with Crippen molar-refractivity contribution in [3.05, 3.63) is 53.6 Å². The molecule has 0 amide bonds. The lowest BCUT2D eigenvalue weighted by atomic mass is 10.1. The molecule has 1 aliphatic heterocycles. The van der Waals surface area contributed by atoms with E-state index < -0.39 is 6.10 Å². The Kier molecular flexibility index (Phi) is 9.00. The van der Waals surface area contributed by atoms with Crippen LogP contribution in [-0.2, 0) is 6.54 Å². The Balaban J connectivity index is 1.50. The van der Waals surface area contributed by atoms with Crippen molar-refractivity contribution in [3.8, 4) is 17.2 Å². The Labute approximate surface area is 186 Å². The molecule has 1 saturated heterocycles. The van der Waals surface area contributed by atoms with Crippen molar-refractivity contribution in [2.45, 2.75) is 32.4 Å². The number of likely N-dealkylation sites (N-methyl/N-ethyl adjacent to an activating group) is 1. The average molecular weight is 429 g/mol. The number of aliphatic hydroxyl groups excluding tert-OH is 1. The summed E-state index contributed by atoms with van der Waals surface area (Å²) < 4.78 is 17.2. The van der Waals surface area contributed by atoms with Crippen LogP contribution in [0.25, 0.3) is 0 Å². The molecule has 170 valence electrons. The van der Waals surface area contributed by atoms with Gasteiger partial charge in [-0.1, -0.05) is 23.8 Å². The number of ether oxygens (including phenoxy) is 3. The van der Waals surface area contributed by atoms with Gasteiger partial charge in [0.05, 0.1) is 7.11 Å². The number of aliphatic hydroxyl groups is 1. The number of nitrogens with zero attached hydrogens (tertiary/aromatic N) is 2. The van der Waals surface area contributed by atoms with Gasteiger partial charge >= 0.3 is 0 Å². The minimum absolute atomic E-state index is 0.275. The molecule has 0 saturated carbocycles. The number of methoxy groups -OCH3 is 1. The van der Waals surface area contributed by atoms with Crippen molar-refractivity contribution in [1.29, 1.82) is 0 Å². The van der Waals surface area contributed by atoms with E-state index >= 15 is 0 Å². The number of hydrogen-bond acceptors (Lipinski definition) is 6. The summed E-state index contributed by atoms with van der Waals surface area (Å²) in [6.45, 7) is 7.26. The molecule has 1 N–H and O–H groups in total. The van der Waals surface area contributed by atoms with Crippen molar-refractivity contribution in [2.75, 3.05) is 53.6 Å². The predicted molar refractivity (Wildman–Crippen MR) is 123 cm³/mol. The van der Waals surface area contributed by atoms with Crippen molar-refractivity contribution in [3.63, 3.8) is 0 Å². The second-order valence-corrected chi connectivity index (χ2v) is 8.35. The number of rotatable bonds is 12. The smallest absolute Gasteiger partial charge is 0.127 e. The van der Waals surface area contributed by atoms with Crippen LogP contribution in [0.3, 0.4) is 0 Å². The van der Waals surface area contributed by atoms with Crippen LogP contribution in [0.4, 0.5) is 0 Å². The highest BCUT2D eigenvalue weighted by atomic mass is 16.5. The van der Waals surface area contributed by atoms with Crippen LogP contribution in [0, 0.1) is 6.92 Å². The van der Waals surface area contributed by atoms with Gasteiger partial charge in [-0.3, -0.25) is 4.90 Å². The third-order valence-electron chi connectivity index (χ3n) is 5.58. The largest absolute Gasteiger partial charge is 0.497 e. The molecule has 6 heteroatoms. The highest BCUT2D eigenvalue weighted by molar-refractivity contribution is 5.40. The molecule has 1 fully saturated rings. The van der Waals surface area contributed by atoms with Crippen LogP contribution in [0.2, 0.25) is 0 Å². The van der Waals surface area contributed by atoms with E-state index in [0.29, 0.717) is 13.2 Å². The quantitative estimate of drug-likeness (QED) is 0.560. The van der Waals surface area contributed by atoms with E-state index in [-0.39, 0.29) is 6.61 Å². The Morgan fingerprint density at radius 2 is 1.74 bits per heavy atom. The Hall–Kier alpha value is -2.28. The molecule has 2 aromatic carbocycles. The topological polar surface area (TPSA) is 54.4 Å². The molecule has 0 radical (unpaired) electrons. The molecule has 0 spiro atoms. The number of β-amino-alcohol motifs (C(OH)–C–C–N with tert-alkyl or cyclic N) is 1. The van der Waals surface area contributed by atoms with Gasteiger partial charge in [-0.05, 0) is 58.1 Å². The van der Waals surface area contributed by atoms with Gasteiger partial charge in [0.25, 0.3) is 0 Å². The molecule has 0 aromatic heterocycles. The van der Waals surface area contributed by atoms with Crippen LogP contribution in [0.1, 0.15) is 24.0 Å². The van der Waals surface area contributed by atoms with Crippen molar-refractivity contribution in [2.24, 2.45) is 0 Å². The normalized spacial score (nSPS) is 15.3. The predicted octanol–water partition coefficient (Wildman–Crippen LogP) is 3.35. The lowest BCUT2D eigenvalue weighted by molar-refractivity contribution is 0.0750. The second kappa shape index (κ2) is 11.9. The molecular weight excluding hydrogens is 392 g/mol. The van der Waals surface area contributed by atoms with Gasteiger partial charge in [0, 0.05) is 31.3 Å². The number of aryl methyl sites for hydroxylation is 1. The number of likely N-dealkylation sites (tertiary alicyclic amines) is 1. The first-order valence-electron chi connectivity index (χ1n) is 11.1. The first-order valence-corrected chi connectivity index (χ1v) is 11.1. The van der Waals surface area contributed by atoms with Gasteiger partial charge < -0.3 is 24.2 Å². The summed E-state index contributed by atoms with van der Waals surface area (Å²) in [4.78, 5) is 4.49. The van der Waals surface area contributed by atoms with Crippen molar-refractivity contribution in [1.82, 2.24) is 9.80 Å². The maximum absolute atomic E-state index is 10.4. The van der Waals surface area contributed by atoms with E-state index in [1.165, 1.54) is 18.4 Å². The third-order valence-corrected chi connectivity index (χ3v) is 5.58. The van der Waals surface area contributed by atoms with E-state index in [2.05, 4.69) is 35.9 Å². The van der Waals surface area contributed by atoms with Gasteiger partial charge in [0.1, 0.15) is 36.6 Å². The van der Waals surface area contributed by atoms with E-state index in [9.17, 15) is 5.11 Å². The Morgan fingerprint density at radius 3 is 2.45 bits per heavy atom. The molecule has 0 aliphatic carbocycles. The van der Waals surface area contributed by atoms with E-state index in [1.807, 2.05) is 30.3 Å². The number of benzene rings is 2. The summed E-state index contributed by atoms with van der Waals surface area (Å²) in [6.07, 6.45) is 1.93. The van der Waals surface area contributed by atoms with Crippen LogP contribution < -0.4 is 14.2 Å². The minimum atomic E-state index is -0.502. The maximum atomic E-state index is 10.4. The summed E-state index contributed by atoms with van der Waals surface area (Å²) in [5.41, 5.74) is 2.29. The van der Waals surface area contributed by atoms with Crippen LogP contribution >= 0.6 is 0 Å². The SMILES string of the molecule is COc1ccc(CN(C)CCOc2ccc(C)cc2)c(OC[C@@H](O)CN2CCCC2)c1. The average Bonchev–Trinajstić information content (AvgIpc) is 3.27. The Morgan fingerprint density at radius 1 is 1.03 bits per heavy atom. The summed E-state index contributed by atoms with van der Waals surface area (Å²) in [5.74, 6) is 2.39. The lowest BCUT2D eigenvalue weighted by Gasteiger charge is -2.22. The molecule has 0 bridgehead atoms. The molecule has 1 heterocycles. The zero-order valence-electron chi connectivity index (χ0n) is 19.0. The number of hydrogen-bond donors (Lipinski definition) is 1. The molecular formula is C25H36N2O4. The van der Waals surface area contributed by atoms with E-state index in [1.54, 1.807) is 7.11 Å². The Bertz CT molecular complexity index is 791. The van der Waals surface area contributed by atoms with Crippen molar-refractivity contribution < 1.29 is 19.3 Å². The fourth-order valence-corrected chi connectivity index (χ4v) is 3.75. The van der Waals surface area contributed by atoms with Gasteiger partial charge in [0.2, 0.25) is 0 Å². The molecule has 1 atom stereocenters. The van der Waals surface area contributed by atoms with Crippen LogP contribution in [0.15, 0.2) is 42.5 Å². The first kappa shape index (κ1) is 23.4. The molecule has 3 rings (SSSR count).